The molecular weight excluding hydrogens is 831 g/mol. The van der Waals surface area contributed by atoms with E-state index in [1.165, 1.54) is 88.7 Å². The number of carboxylic acid groups (broad SMARTS) is 1. The van der Waals surface area contributed by atoms with Crippen LogP contribution in [0.5, 0.6) is 0 Å². The lowest BCUT2D eigenvalue weighted by Crippen LogP contribution is -2.24. The average molecular weight is 888 g/mol. The fourth-order valence-electron chi connectivity index (χ4n) is 7.85. The smallest absolute Gasteiger partial charge is 0.304 e. The molecule has 0 spiro atoms. The van der Waals surface area contributed by atoms with Gasteiger partial charge in [0, 0.05) is 30.7 Å². The second-order valence-electron chi connectivity index (χ2n) is 15.7. The molecular formula is C40H57N9O10S2. The molecule has 61 heavy (non-hydrogen) atoms. The summed E-state index contributed by atoms with van der Waals surface area (Å²) in [6.45, 7) is -0.326. The molecule has 0 unspecified atom stereocenters. The van der Waals surface area contributed by atoms with Gasteiger partial charge in [0.1, 0.15) is 0 Å². The highest BCUT2D eigenvalue weighted by atomic mass is 32.2. The number of nitrogens with one attached hydrogen (secondary N) is 3. The first-order chi connectivity index (χ1) is 29.4. The zero-order valence-electron chi connectivity index (χ0n) is 34.2. The maximum atomic E-state index is 12.3. The molecule has 4 aromatic rings. The van der Waals surface area contributed by atoms with Crippen LogP contribution in [0.3, 0.4) is 0 Å². The van der Waals surface area contributed by atoms with Gasteiger partial charge in [0.2, 0.25) is 17.7 Å². The highest BCUT2D eigenvalue weighted by Crippen LogP contribution is 2.32. The molecule has 2 aliphatic carbocycles. The van der Waals surface area contributed by atoms with Gasteiger partial charge in [-0.3, -0.25) is 14.8 Å². The van der Waals surface area contributed by atoms with Crippen molar-refractivity contribution in [3.63, 3.8) is 0 Å². The molecule has 6 rings (SSSR count). The lowest BCUT2D eigenvalue weighted by Gasteiger charge is -2.22. The molecule has 5 N–H and O–H groups in total. The van der Waals surface area contributed by atoms with Gasteiger partial charge in [-0.15, -0.1) is 0 Å². The van der Waals surface area contributed by atoms with E-state index in [9.17, 15) is 31.5 Å². The minimum atomic E-state index is -3.80. The van der Waals surface area contributed by atoms with E-state index in [2.05, 4.69) is 39.7 Å². The van der Waals surface area contributed by atoms with Crippen molar-refractivity contribution in [1.29, 1.82) is 0 Å². The summed E-state index contributed by atoms with van der Waals surface area (Å²) in [5, 5.41) is 25.6. The molecule has 4 heterocycles. The quantitative estimate of drug-likeness (QED) is 0.0452. The molecule has 2 fully saturated rings. The SMILES string of the molecule is O=C(C[C@@H](CCCC1CCCCC1)c1nc(CNS(=O)(=O)c2ccccn2)no1)NO.O=C(O)C[C@@H](CCCC1CCCCC1)c1nc(CNS(=O)(=O)c2ccccn2)no1. The Balaban J connectivity index is 0.000000231. The number of hydrogen-bond donors (Lipinski definition) is 5. The van der Waals surface area contributed by atoms with Gasteiger partial charge >= 0.3 is 5.97 Å². The van der Waals surface area contributed by atoms with E-state index in [1.54, 1.807) is 29.7 Å². The van der Waals surface area contributed by atoms with Crippen LogP contribution in [0, 0.1) is 11.8 Å². The highest BCUT2D eigenvalue weighted by Gasteiger charge is 2.26. The zero-order chi connectivity index (χ0) is 43.5. The van der Waals surface area contributed by atoms with E-state index in [1.807, 2.05) is 0 Å². The monoisotopic (exact) mass is 887 g/mol. The first kappa shape index (κ1) is 47.4. The number of carbonyl (C=O) groups excluding carboxylic acids is 1. The largest absolute Gasteiger partial charge is 0.481 e. The molecule has 0 bridgehead atoms. The number of aliphatic carboxylic acids is 1. The minimum absolute atomic E-state index is 0.0163. The lowest BCUT2D eigenvalue weighted by atomic mass is 9.84. The van der Waals surface area contributed by atoms with Crippen LogP contribution in [0.15, 0.2) is 67.9 Å². The third kappa shape index (κ3) is 15.9. The number of hydrogen-bond acceptors (Lipinski definition) is 15. The summed E-state index contributed by atoms with van der Waals surface area (Å²) in [4.78, 5) is 39.2. The minimum Gasteiger partial charge on any atom is -0.481 e. The Kier molecular flexibility index (Phi) is 18.7. The lowest BCUT2D eigenvalue weighted by molar-refractivity contribution is -0.137. The molecule has 334 valence electrons. The summed E-state index contributed by atoms with van der Waals surface area (Å²) in [5.74, 6) is 0.107. The number of aromatic nitrogens is 6. The van der Waals surface area contributed by atoms with Gasteiger partial charge in [0.05, 0.1) is 19.5 Å². The molecule has 2 atom stereocenters. The van der Waals surface area contributed by atoms with Gasteiger partial charge in [-0.25, -0.2) is 41.7 Å². The van der Waals surface area contributed by atoms with E-state index < -0.39 is 31.9 Å². The Morgan fingerprint density at radius 3 is 1.51 bits per heavy atom. The van der Waals surface area contributed by atoms with Crippen molar-refractivity contribution in [2.24, 2.45) is 11.8 Å². The zero-order valence-corrected chi connectivity index (χ0v) is 35.9. The van der Waals surface area contributed by atoms with Crippen LogP contribution in [0.25, 0.3) is 0 Å². The maximum Gasteiger partial charge on any atom is 0.304 e. The van der Waals surface area contributed by atoms with Crippen molar-refractivity contribution in [1.82, 2.24) is 45.2 Å². The Labute approximate surface area is 356 Å². The summed E-state index contributed by atoms with van der Waals surface area (Å²) in [6.07, 6.45) is 20.8. The molecule has 4 aromatic heterocycles. The van der Waals surface area contributed by atoms with Gasteiger partial charge in [0.25, 0.3) is 20.0 Å². The number of hydroxylamine groups is 1. The molecule has 21 heteroatoms. The molecule has 0 radical (unpaired) electrons. The van der Waals surface area contributed by atoms with Gasteiger partial charge in [-0.2, -0.15) is 9.97 Å². The van der Waals surface area contributed by atoms with Crippen LogP contribution in [0.1, 0.15) is 151 Å². The Morgan fingerprint density at radius 1 is 0.672 bits per heavy atom. The number of rotatable bonds is 22. The second kappa shape index (κ2) is 24.1. The molecule has 2 aliphatic rings. The van der Waals surface area contributed by atoms with Crippen LogP contribution < -0.4 is 14.9 Å². The van der Waals surface area contributed by atoms with Crippen molar-refractivity contribution in [2.75, 3.05) is 0 Å². The van der Waals surface area contributed by atoms with Crippen LogP contribution in [-0.4, -0.2) is 69.3 Å². The molecule has 0 aliphatic heterocycles. The van der Waals surface area contributed by atoms with Crippen molar-refractivity contribution >= 4 is 31.9 Å². The van der Waals surface area contributed by atoms with Gasteiger partial charge in [-0.1, -0.05) is 112 Å². The van der Waals surface area contributed by atoms with Crippen molar-refractivity contribution in [3.05, 3.63) is 72.2 Å². The van der Waals surface area contributed by atoms with Crippen molar-refractivity contribution < 1.29 is 45.8 Å². The van der Waals surface area contributed by atoms with Gasteiger partial charge < -0.3 is 14.2 Å². The predicted molar refractivity (Wildman–Crippen MR) is 218 cm³/mol. The van der Waals surface area contributed by atoms with Crippen LogP contribution in [-0.2, 0) is 42.7 Å². The molecule has 0 aromatic carbocycles. The van der Waals surface area contributed by atoms with Crippen molar-refractivity contribution in [2.45, 2.75) is 151 Å². The third-order valence-electron chi connectivity index (χ3n) is 11.1. The number of carbonyl (C=O) groups is 2. The molecule has 19 nitrogen and oxygen atoms in total. The molecule has 2 saturated carbocycles. The fourth-order valence-corrected chi connectivity index (χ4v) is 9.70. The van der Waals surface area contributed by atoms with Crippen LogP contribution in [0.4, 0.5) is 0 Å². The van der Waals surface area contributed by atoms with Gasteiger partial charge in [0.15, 0.2) is 21.7 Å². The highest BCUT2D eigenvalue weighted by molar-refractivity contribution is 7.89. The molecule has 0 saturated heterocycles. The van der Waals surface area contributed by atoms with E-state index >= 15 is 0 Å². The van der Waals surface area contributed by atoms with E-state index in [0.29, 0.717) is 12.8 Å². The summed E-state index contributed by atoms with van der Waals surface area (Å²) in [6, 6.07) is 9.19. The Morgan fingerprint density at radius 2 is 1.11 bits per heavy atom. The van der Waals surface area contributed by atoms with Crippen LogP contribution in [0.2, 0.25) is 0 Å². The summed E-state index contributed by atoms with van der Waals surface area (Å²) >= 11 is 0. The maximum absolute atomic E-state index is 12.3. The molecule has 1 amide bonds. The Bertz CT molecular complexity index is 2140. The summed E-state index contributed by atoms with van der Waals surface area (Å²) in [5.41, 5.74) is 1.65. The van der Waals surface area contributed by atoms with E-state index in [-0.39, 0.29) is 71.2 Å². The summed E-state index contributed by atoms with van der Waals surface area (Å²) in [7, 11) is -7.59. The van der Waals surface area contributed by atoms with Gasteiger partial charge in [-0.05, 0) is 48.9 Å². The predicted octanol–water partition coefficient (Wildman–Crippen LogP) is 5.92. The Hall–Kier alpha value is -4.70. The number of nitrogens with zero attached hydrogens (tertiary/aromatic N) is 6. The number of pyridine rings is 2. The standard InChI is InChI=1S/C20H29N5O5S.C20H28N4O5S/c26-18(24-27)13-16(10-6-9-15-7-2-1-3-8-15)20-23-17(25-30-20)14-22-31(28,29)19-11-4-5-12-21-19;25-19(26)13-16(10-6-9-15-7-2-1-3-8-15)20-23-17(24-29-20)14-22-30(27,28)18-11-4-5-12-21-18/h4-5,11-12,15-16,22,27H,1-3,6-10,13-14H2,(H,24,26);4-5,11-12,15-16,22H,1-3,6-10,13-14H2,(H,25,26)/t2*16-/m11/s1. The number of carboxylic acids is 1. The normalized spacial score (nSPS) is 16.3. The second-order valence-corrected chi connectivity index (χ2v) is 19.1. The third-order valence-corrected chi connectivity index (χ3v) is 13.7. The summed E-state index contributed by atoms with van der Waals surface area (Å²) < 4.78 is 64.4. The first-order valence-corrected chi connectivity index (χ1v) is 24.0. The average Bonchev–Trinajstić information content (AvgIpc) is 3.96. The number of amides is 1. The van der Waals surface area contributed by atoms with Crippen LogP contribution >= 0.6 is 0 Å². The first-order valence-electron chi connectivity index (χ1n) is 21.0. The van der Waals surface area contributed by atoms with E-state index in [0.717, 1.165) is 37.5 Å². The fraction of sp³-hybridized carbons (Fsp3) is 0.600. The van der Waals surface area contributed by atoms with E-state index in [4.69, 9.17) is 14.3 Å². The van der Waals surface area contributed by atoms with Crippen molar-refractivity contribution in [3.8, 4) is 0 Å². The number of sulfonamides is 2. The topological polar surface area (TPSA) is 283 Å².